The van der Waals surface area contributed by atoms with Gasteiger partial charge in [0.05, 0.1) is 6.54 Å². The second kappa shape index (κ2) is 8.67. The molecule has 0 aliphatic rings. The van der Waals surface area contributed by atoms with E-state index in [0.717, 1.165) is 12.0 Å². The number of nitrogens with zero attached hydrogens (tertiary/aromatic N) is 1. The molecule has 0 bridgehead atoms. The van der Waals surface area contributed by atoms with E-state index in [0.29, 0.717) is 24.0 Å². The summed E-state index contributed by atoms with van der Waals surface area (Å²) in [4.78, 5) is 24.9. The number of hydrogen-bond donors (Lipinski definition) is 1. The highest BCUT2D eigenvalue weighted by atomic mass is 35.5. The van der Waals surface area contributed by atoms with Gasteiger partial charge in [-0.3, -0.25) is 9.59 Å². The summed E-state index contributed by atoms with van der Waals surface area (Å²) in [5.41, 5.74) is 1.08. The van der Waals surface area contributed by atoms with Crippen molar-refractivity contribution in [3.63, 3.8) is 0 Å². The first-order valence-electron chi connectivity index (χ1n) is 7.15. The van der Waals surface area contributed by atoms with Gasteiger partial charge in [0.1, 0.15) is 0 Å². The lowest BCUT2D eigenvalue weighted by Crippen LogP contribution is -2.41. The summed E-state index contributed by atoms with van der Waals surface area (Å²) in [5, 5.41) is 3.53. The minimum absolute atomic E-state index is 0.0753. The lowest BCUT2D eigenvalue weighted by Gasteiger charge is -2.22. The van der Waals surface area contributed by atoms with E-state index in [1.165, 1.54) is 6.92 Å². The minimum Gasteiger partial charge on any atom is -0.354 e. The molecule has 0 radical (unpaired) electrons. The zero-order valence-electron chi connectivity index (χ0n) is 12.9. The molecule has 5 heteroatoms. The summed E-state index contributed by atoms with van der Waals surface area (Å²) in [6.07, 6.45) is 0.719. The van der Waals surface area contributed by atoms with E-state index in [2.05, 4.69) is 5.32 Å². The van der Waals surface area contributed by atoms with Crippen molar-refractivity contribution < 1.29 is 9.59 Å². The van der Waals surface area contributed by atoms with Crippen LogP contribution in [0, 0.1) is 5.92 Å². The monoisotopic (exact) mass is 310 g/mol. The third-order valence-corrected chi connectivity index (χ3v) is 3.23. The quantitative estimate of drug-likeness (QED) is 0.841. The maximum Gasteiger partial charge on any atom is 0.239 e. The predicted octanol–water partition coefficient (Wildman–Crippen LogP) is 2.50. The number of hydrogen-bond acceptors (Lipinski definition) is 2. The van der Waals surface area contributed by atoms with Crippen LogP contribution in [-0.2, 0) is 16.0 Å². The summed E-state index contributed by atoms with van der Waals surface area (Å²) in [5.74, 6) is 0.134. The van der Waals surface area contributed by atoms with Crippen LogP contribution < -0.4 is 5.32 Å². The van der Waals surface area contributed by atoms with Crippen molar-refractivity contribution >= 4 is 23.4 Å². The smallest absolute Gasteiger partial charge is 0.239 e. The van der Waals surface area contributed by atoms with Crippen LogP contribution in [0.5, 0.6) is 0 Å². The predicted molar refractivity (Wildman–Crippen MR) is 85.3 cm³/mol. The van der Waals surface area contributed by atoms with Crippen molar-refractivity contribution in [2.75, 3.05) is 19.6 Å². The molecule has 116 valence electrons. The Kier molecular flexibility index (Phi) is 7.23. The molecular weight excluding hydrogens is 288 g/mol. The number of carbonyl (C=O) groups excluding carboxylic acids is 2. The first-order chi connectivity index (χ1) is 9.88. The van der Waals surface area contributed by atoms with Crippen molar-refractivity contribution in [1.29, 1.82) is 0 Å². The molecule has 0 unspecified atom stereocenters. The Balaban J connectivity index is 2.37. The second-order valence-electron chi connectivity index (χ2n) is 5.52. The van der Waals surface area contributed by atoms with E-state index in [1.54, 1.807) is 4.90 Å². The SMILES string of the molecule is CC(=O)N(CC(=O)NCCc1cccc(Cl)c1)CC(C)C. The first kappa shape index (κ1) is 17.5. The van der Waals surface area contributed by atoms with Gasteiger partial charge in [0.25, 0.3) is 0 Å². The van der Waals surface area contributed by atoms with Crippen LogP contribution in [0.3, 0.4) is 0 Å². The van der Waals surface area contributed by atoms with Crippen molar-refractivity contribution in [2.24, 2.45) is 5.92 Å². The fourth-order valence-electron chi connectivity index (χ4n) is 2.01. The summed E-state index contributed by atoms with van der Waals surface area (Å²) < 4.78 is 0. The molecule has 0 aromatic heterocycles. The number of rotatable bonds is 7. The molecule has 1 aromatic carbocycles. The Bertz CT molecular complexity index is 489. The first-order valence-corrected chi connectivity index (χ1v) is 7.53. The standard InChI is InChI=1S/C16H23ClN2O2/c1-12(2)10-19(13(3)20)11-16(21)18-8-7-14-5-4-6-15(17)9-14/h4-6,9,12H,7-8,10-11H2,1-3H3,(H,18,21). The number of nitrogens with one attached hydrogen (secondary N) is 1. The largest absolute Gasteiger partial charge is 0.354 e. The maximum atomic E-state index is 11.9. The molecule has 0 saturated carbocycles. The molecular formula is C16H23ClN2O2. The van der Waals surface area contributed by atoms with Gasteiger partial charge >= 0.3 is 0 Å². The average molecular weight is 311 g/mol. The molecule has 0 spiro atoms. The molecule has 1 rings (SSSR count). The van der Waals surface area contributed by atoms with E-state index in [-0.39, 0.29) is 18.4 Å². The van der Waals surface area contributed by atoms with Gasteiger partial charge < -0.3 is 10.2 Å². The zero-order chi connectivity index (χ0) is 15.8. The highest BCUT2D eigenvalue weighted by Crippen LogP contribution is 2.10. The summed E-state index contributed by atoms with van der Waals surface area (Å²) in [6, 6.07) is 7.56. The van der Waals surface area contributed by atoms with Gasteiger partial charge in [-0.15, -0.1) is 0 Å². The lowest BCUT2D eigenvalue weighted by atomic mass is 10.1. The van der Waals surface area contributed by atoms with Crippen molar-refractivity contribution in [3.8, 4) is 0 Å². The van der Waals surface area contributed by atoms with E-state index >= 15 is 0 Å². The topological polar surface area (TPSA) is 49.4 Å². The maximum absolute atomic E-state index is 11.9. The molecule has 0 heterocycles. The number of benzene rings is 1. The Morgan fingerprint density at radius 1 is 1.33 bits per heavy atom. The fourth-order valence-corrected chi connectivity index (χ4v) is 2.23. The molecule has 2 amide bonds. The molecule has 1 N–H and O–H groups in total. The van der Waals surface area contributed by atoms with Crippen LogP contribution in [0.15, 0.2) is 24.3 Å². The Morgan fingerprint density at radius 2 is 2.05 bits per heavy atom. The normalized spacial score (nSPS) is 10.5. The molecule has 4 nitrogen and oxygen atoms in total. The van der Waals surface area contributed by atoms with E-state index in [4.69, 9.17) is 11.6 Å². The molecule has 21 heavy (non-hydrogen) atoms. The van der Waals surface area contributed by atoms with Gasteiger partial charge in [-0.05, 0) is 30.0 Å². The highest BCUT2D eigenvalue weighted by Gasteiger charge is 2.14. The van der Waals surface area contributed by atoms with Gasteiger partial charge in [0.2, 0.25) is 11.8 Å². The van der Waals surface area contributed by atoms with Crippen LogP contribution in [0.4, 0.5) is 0 Å². The Morgan fingerprint density at radius 3 is 2.62 bits per heavy atom. The number of halogens is 1. The molecule has 0 fully saturated rings. The third-order valence-electron chi connectivity index (χ3n) is 2.99. The molecule has 0 aliphatic heterocycles. The number of carbonyl (C=O) groups is 2. The minimum atomic E-state index is -0.132. The summed E-state index contributed by atoms with van der Waals surface area (Å²) in [7, 11) is 0. The lowest BCUT2D eigenvalue weighted by molar-refractivity contribution is -0.134. The molecule has 0 atom stereocenters. The zero-order valence-corrected chi connectivity index (χ0v) is 13.6. The van der Waals surface area contributed by atoms with E-state index in [9.17, 15) is 9.59 Å². The highest BCUT2D eigenvalue weighted by molar-refractivity contribution is 6.30. The van der Waals surface area contributed by atoms with E-state index in [1.807, 2.05) is 38.1 Å². The van der Waals surface area contributed by atoms with Crippen molar-refractivity contribution in [1.82, 2.24) is 10.2 Å². The van der Waals surface area contributed by atoms with Crippen LogP contribution >= 0.6 is 11.6 Å². The van der Waals surface area contributed by atoms with Gasteiger partial charge in [-0.1, -0.05) is 37.6 Å². The van der Waals surface area contributed by atoms with Crippen LogP contribution in [-0.4, -0.2) is 36.3 Å². The van der Waals surface area contributed by atoms with Crippen LogP contribution in [0.2, 0.25) is 5.02 Å². The summed E-state index contributed by atoms with van der Waals surface area (Å²) >= 11 is 5.91. The van der Waals surface area contributed by atoms with Gasteiger partial charge in [0.15, 0.2) is 0 Å². The van der Waals surface area contributed by atoms with Crippen molar-refractivity contribution in [2.45, 2.75) is 27.2 Å². The molecule has 0 aliphatic carbocycles. The van der Waals surface area contributed by atoms with Crippen LogP contribution in [0.1, 0.15) is 26.3 Å². The average Bonchev–Trinajstić information content (AvgIpc) is 2.37. The fraction of sp³-hybridized carbons (Fsp3) is 0.500. The molecule has 0 saturated heterocycles. The van der Waals surface area contributed by atoms with Gasteiger partial charge in [0, 0.05) is 25.0 Å². The van der Waals surface area contributed by atoms with E-state index < -0.39 is 0 Å². The third kappa shape index (κ3) is 7.14. The number of amides is 2. The van der Waals surface area contributed by atoms with Crippen molar-refractivity contribution in [3.05, 3.63) is 34.9 Å². The van der Waals surface area contributed by atoms with Gasteiger partial charge in [-0.25, -0.2) is 0 Å². The Labute approximate surface area is 131 Å². The Hall–Kier alpha value is -1.55. The summed E-state index contributed by atoms with van der Waals surface area (Å²) in [6.45, 7) is 6.77. The second-order valence-corrected chi connectivity index (χ2v) is 5.96. The molecule has 1 aromatic rings. The van der Waals surface area contributed by atoms with Crippen LogP contribution in [0.25, 0.3) is 0 Å². The van der Waals surface area contributed by atoms with Gasteiger partial charge in [-0.2, -0.15) is 0 Å².